The third-order valence-corrected chi connectivity index (χ3v) is 7.51. The van der Waals surface area contributed by atoms with Gasteiger partial charge in [-0.05, 0) is 89.3 Å². The quantitative estimate of drug-likeness (QED) is 0.182. The molecule has 0 unspecified atom stereocenters. The van der Waals surface area contributed by atoms with Crippen LogP contribution in [-0.2, 0) is 11.4 Å². The Labute approximate surface area is 236 Å². The lowest BCUT2D eigenvalue weighted by atomic mass is 10.1. The minimum absolute atomic E-state index is 0.0826. The van der Waals surface area contributed by atoms with Crippen LogP contribution in [0.15, 0.2) is 59.5 Å². The first kappa shape index (κ1) is 27.3. The Bertz CT molecular complexity index is 1350. The third-order valence-electron chi connectivity index (χ3n) is 5.45. The number of benzene rings is 3. The number of rotatable bonds is 9. The number of carbonyl (C=O) groups is 2. The van der Waals surface area contributed by atoms with E-state index < -0.39 is 5.82 Å². The summed E-state index contributed by atoms with van der Waals surface area (Å²) in [5, 5.41) is -0.0854. The molecule has 1 heterocycles. The Hall–Kier alpha value is -2.76. The van der Waals surface area contributed by atoms with Crippen molar-refractivity contribution in [2.45, 2.75) is 13.5 Å². The predicted octanol–water partition coefficient (Wildman–Crippen LogP) is 7.10. The van der Waals surface area contributed by atoms with E-state index in [1.807, 2.05) is 31.2 Å². The van der Waals surface area contributed by atoms with Crippen LogP contribution in [0, 0.1) is 16.3 Å². The molecule has 1 aliphatic rings. The fraction of sp³-hybridized carbons (Fsp3) is 0.185. The fourth-order valence-electron chi connectivity index (χ4n) is 3.51. The molecular formula is C27H22ClFINO5S. The standard InChI is InChI=1S/C27H22ClFINO5S/c1-16-6-8-18(9-7-16)35-11-10-31-26(32)24(37-27(31)33)14-17-12-22(30)25(23(13-17)34-2)36-15-19-20(28)4-3-5-21(19)29/h3-9,12-14H,10-11,15H2,1-2H3/b24-14-. The van der Waals surface area contributed by atoms with E-state index in [4.69, 9.17) is 25.8 Å². The summed E-state index contributed by atoms with van der Waals surface area (Å²) in [5.74, 6) is 0.649. The molecule has 37 heavy (non-hydrogen) atoms. The lowest BCUT2D eigenvalue weighted by Gasteiger charge is -2.15. The zero-order chi connectivity index (χ0) is 26.5. The molecule has 1 fully saturated rings. The van der Waals surface area contributed by atoms with Gasteiger partial charge in [-0.2, -0.15) is 0 Å². The molecule has 0 atom stereocenters. The van der Waals surface area contributed by atoms with Crippen LogP contribution in [-0.4, -0.2) is 36.3 Å². The van der Waals surface area contributed by atoms with Crippen LogP contribution in [0.3, 0.4) is 0 Å². The molecule has 3 aromatic carbocycles. The topological polar surface area (TPSA) is 65.1 Å². The summed E-state index contributed by atoms with van der Waals surface area (Å²) < 4.78 is 31.8. The van der Waals surface area contributed by atoms with Crippen LogP contribution >= 0.6 is 46.0 Å². The van der Waals surface area contributed by atoms with Gasteiger partial charge in [0.15, 0.2) is 11.5 Å². The Morgan fingerprint density at radius 2 is 1.86 bits per heavy atom. The van der Waals surface area contributed by atoms with Gasteiger partial charge in [0.25, 0.3) is 11.1 Å². The van der Waals surface area contributed by atoms with E-state index in [1.165, 1.54) is 24.1 Å². The summed E-state index contributed by atoms with van der Waals surface area (Å²) in [5.41, 5.74) is 2.01. The lowest BCUT2D eigenvalue weighted by molar-refractivity contribution is -0.123. The summed E-state index contributed by atoms with van der Waals surface area (Å²) in [7, 11) is 1.49. The number of thioether (sulfide) groups is 1. The summed E-state index contributed by atoms with van der Waals surface area (Å²) in [6.07, 6.45) is 1.63. The van der Waals surface area contributed by atoms with Crippen molar-refractivity contribution in [3.63, 3.8) is 0 Å². The molecule has 4 rings (SSSR count). The molecular weight excluding hydrogens is 632 g/mol. The molecule has 0 spiro atoms. The van der Waals surface area contributed by atoms with Crippen molar-refractivity contribution in [3.8, 4) is 17.2 Å². The van der Waals surface area contributed by atoms with Crippen LogP contribution < -0.4 is 14.2 Å². The minimum atomic E-state index is -0.460. The molecule has 0 saturated carbocycles. The molecule has 6 nitrogen and oxygen atoms in total. The molecule has 0 bridgehead atoms. The fourth-order valence-corrected chi connectivity index (χ4v) is 5.37. The molecule has 10 heteroatoms. The molecule has 0 aliphatic carbocycles. The predicted molar refractivity (Wildman–Crippen MR) is 151 cm³/mol. The van der Waals surface area contributed by atoms with Gasteiger partial charge in [-0.15, -0.1) is 0 Å². The summed E-state index contributed by atoms with van der Waals surface area (Å²) in [6, 6.07) is 15.5. The van der Waals surface area contributed by atoms with Gasteiger partial charge in [0.1, 0.15) is 24.8 Å². The van der Waals surface area contributed by atoms with E-state index in [0.717, 1.165) is 17.3 Å². The highest BCUT2D eigenvalue weighted by atomic mass is 127. The number of ether oxygens (including phenoxy) is 3. The van der Waals surface area contributed by atoms with E-state index in [2.05, 4.69) is 22.6 Å². The van der Waals surface area contributed by atoms with E-state index in [0.29, 0.717) is 31.3 Å². The first-order valence-electron chi connectivity index (χ1n) is 11.1. The number of nitrogens with zero attached hydrogens (tertiary/aromatic N) is 1. The average molecular weight is 654 g/mol. The summed E-state index contributed by atoms with van der Waals surface area (Å²) in [6.45, 7) is 2.23. The molecule has 2 amide bonds. The second kappa shape index (κ2) is 12.2. The second-order valence-corrected chi connectivity index (χ2v) is 10.6. The highest BCUT2D eigenvalue weighted by Crippen LogP contribution is 2.38. The maximum atomic E-state index is 14.1. The molecule has 3 aromatic rings. The largest absolute Gasteiger partial charge is 0.493 e. The Morgan fingerprint density at radius 3 is 2.57 bits per heavy atom. The van der Waals surface area contributed by atoms with Gasteiger partial charge < -0.3 is 14.2 Å². The highest BCUT2D eigenvalue weighted by Gasteiger charge is 2.35. The van der Waals surface area contributed by atoms with Crippen molar-refractivity contribution >= 4 is 63.2 Å². The zero-order valence-corrected chi connectivity index (χ0v) is 23.7. The van der Waals surface area contributed by atoms with E-state index in [9.17, 15) is 14.0 Å². The highest BCUT2D eigenvalue weighted by molar-refractivity contribution is 14.1. The molecule has 0 N–H and O–H groups in total. The van der Waals surface area contributed by atoms with Crippen LogP contribution in [0.1, 0.15) is 16.7 Å². The maximum absolute atomic E-state index is 14.1. The zero-order valence-electron chi connectivity index (χ0n) is 19.9. The van der Waals surface area contributed by atoms with E-state index >= 15 is 0 Å². The van der Waals surface area contributed by atoms with Crippen molar-refractivity contribution in [1.82, 2.24) is 4.90 Å². The number of hydrogen-bond donors (Lipinski definition) is 0. The number of imide groups is 1. The van der Waals surface area contributed by atoms with Gasteiger partial charge in [0, 0.05) is 5.56 Å². The van der Waals surface area contributed by atoms with Crippen molar-refractivity contribution in [1.29, 1.82) is 0 Å². The number of carbonyl (C=O) groups excluding carboxylic acids is 2. The van der Waals surface area contributed by atoms with Crippen LogP contribution in [0.4, 0.5) is 9.18 Å². The SMILES string of the molecule is COc1cc(/C=C2\SC(=O)N(CCOc3ccc(C)cc3)C2=O)cc(I)c1OCc1c(F)cccc1Cl. The van der Waals surface area contributed by atoms with Crippen LogP contribution in [0.25, 0.3) is 6.08 Å². The van der Waals surface area contributed by atoms with Gasteiger partial charge in [0.2, 0.25) is 0 Å². The monoisotopic (exact) mass is 653 g/mol. The molecule has 1 aliphatic heterocycles. The van der Waals surface area contributed by atoms with E-state index in [-0.39, 0.29) is 41.5 Å². The van der Waals surface area contributed by atoms with E-state index in [1.54, 1.807) is 24.3 Å². The number of halogens is 3. The van der Waals surface area contributed by atoms with Gasteiger partial charge in [-0.1, -0.05) is 35.4 Å². The molecule has 0 aromatic heterocycles. The van der Waals surface area contributed by atoms with Crippen molar-refractivity contribution < 1.29 is 28.2 Å². The van der Waals surface area contributed by atoms with Crippen molar-refractivity contribution in [2.75, 3.05) is 20.3 Å². The summed E-state index contributed by atoms with van der Waals surface area (Å²) >= 11 is 9.05. The Morgan fingerprint density at radius 1 is 1.11 bits per heavy atom. The van der Waals surface area contributed by atoms with Crippen molar-refractivity contribution in [2.24, 2.45) is 0 Å². The molecule has 0 radical (unpaired) electrons. The Balaban J connectivity index is 1.45. The second-order valence-electron chi connectivity index (χ2n) is 8.02. The van der Waals surface area contributed by atoms with Gasteiger partial charge in [-0.25, -0.2) is 4.39 Å². The van der Waals surface area contributed by atoms with Crippen LogP contribution in [0.5, 0.6) is 17.2 Å². The normalized spacial score (nSPS) is 14.4. The first-order chi connectivity index (χ1) is 17.8. The number of methoxy groups -OCH3 is 1. The minimum Gasteiger partial charge on any atom is -0.493 e. The van der Waals surface area contributed by atoms with Gasteiger partial charge >= 0.3 is 0 Å². The third kappa shape index (κ3) is 6.58. The molecule has 1 saturated heterocycles. The number of hydrogen-bond acceptors (Lipinski definition) is 6. The number of aryl methyl sites for hydroxylation is 1. The van der Waals surface area contributed by atoms with Gasteiger partial charge in [0.05, 0.1) is 27.2 Å². The van der Waals surface area contributed by atoms with Gasteiger partial charge in [-0.3, -0.25) is 14.5 Å². The summed E-state index contributed by atoms with van der Waals surface area (Å²) in [4.78, 5) is 26.8. The first-order valence-corrected chi connectivity index (χ1v) is 13.4. The average Bonchev–Trinajstić information content (AvgIpc) is 3.13. The smallest absolute Gasteiger partial charge is 0.293 e. The van der Waals surface area contributed by atoms with Crippen molar-refractivity contribution in [3.05, 3.63) is 90.6 Å². The number of amides is 2. The lowest BCUT2D eigenvalue weighted by Crippen LogP contribution is -2.32. The van der Waals surface area contributed by atoms with Crippen LogP contribution in [0.2, 0.25) is 5.02 Å². The maximum Gasteiger partial charge on any atom is 0.293 e. The molecule has 192 valence electrons. The Kier molecular flexibility index (Phi) is 8.99.